The molecule has 1 fully saturated rings. The number of hydroxylamine groups is 2. The molecule has 118 valence electrons. The Labute approximate surface area is 125 Å². The lowest BCUT2D eigenvalue weighted by Gasteiger charge is -2.24. The van der Waals surface area contributed by atoms with Crippen molar-refractivity contribution in [2.24, 2.45) is 0 Å². The quantitative estimate of drug-likeness (QED) is 0.224. The van der Waals surface area contributed by atoms with Crippen LogP contribution in [0.15, 0.2) is 36.1 Å². The van der Waals surface area contributed by atoms with Gasteiger partial charge < -0.3 is 9.84 Å². The number of ether oxygens (including phenoxy) is 1. The van der Waals surface area contributed by atoms with Crippen LogP contribution in [0.4, 0.5) is 0 Å². The molecule has 2 rings (SSSR count). The van der Waals surface area contributed by atoms with Crippen molar-refractivity contribution in [1.29, 1.82) is 0 Å². The summed E-state index contributed by atoms with van der Waals surface area (Å²) in [5.74, 6) is 0.779. The van der Waals surface area contributed by atoms with Crippen LogP contribution in [0.25, 0.3) is 0 Å². The normalized spacial score (nSPS) is 26.4. The van der Waals surface area contributed by atoms with Gasteiger partial charge in [-0.3, -0.25) is 4.90 Å². The average Bonchev–Trinajstić information content (AvgIpc) is 3.24. The summed E-state index contributed by atoms with van der Waals surface area (Å²) in [7, 11) is 1.49. The Bertz CT molecular complexity index is 408. The van der Waals surface area contributed by atoms with Gasteiger partial charge >= 0.3 is 0 Å². The molecule has 6 nitrogen and oxygen atoms in total. The van der Waals surface area contributed by atoms with Gasteiger partial charge in [-0.05, 0) is 24.1 Å². The Balaban J connectivity index is 1.77. The lowest BCUT2D eigenvalue weighted by Crippen LogP contribution is -2.31. The predicted molar refractivity (Wildman–Crippen MR) is 79.0 cm³/mol. The molecular formula is C15H24N2O4. The molecule has 1 saturated heterocycles. The molecule has 0 radical (unpaired) electrons. The summed E-state index contributed by atoms with van der Waals surface area (Å²) < 4.78 is 5.74. The minimum atomic E-state index is 0.210. The Morgan fingerprint density at radius 1 is 1.57 bits per heavy atom. The molecule has 2 atom stereocenters. The van der Waals surface area contributed by atoms with E-state index in [2.05, 4.69) is 22.4 Å². The molecule has 2 unspecified atom stereocenters. The maximum atomic E-state index is 8.92. The van der Waals surface area contributed by atoms with E-state index in [1.165, 1.54) is 12.7 Å². The topological polar surface area (TPSA) is 54.2 Å². The molecule has 6 heteroatoms. The highest BCUT2D eigenvalue weighted by molar-refractivity contribution is 5.27. The summed E-state index contributed by atoms with van der Waals surface area (Å²) in [6.45, 7) is 7.94. The van der Waals surface area contributed by atoms with Gasteiger partial charge in [0.15, 0.2) is 0 Å². The molecule has 0 aliphatic carbocycles. The van der Waals surface area contributed by atoms with Crippen LogP contribution in [0, 0.1) is 0 Å². The van der Waals surface area contributed by atoms with Crippen LogP contribution in [0.1, 0.15) is 6.42 Å². The fourth-order valence-electron chi connectivity index (χ4n) is 2.22. The van der Waals surface area contributed by atoms with Gasteiger partial charge in [0.1, 0.15) is 12.4 Å². The Kier molecular flexibility index (Phi) is 6.41. The van der Waals surface area contributed by atoms with E-state index in [0.717, 1.165) is 38.4 Å². The smallest absolute Gasteiger partial charge is 0.119 e. The number of allylic oxidation sites excluding steroid dienone is 2. The Morgan fingerprint density at radius 2 is 2.43 bits per heavy atom. The molecule has 0 aromatic rings. The second kappa shape index (κ2) is 8.31. The predicted octanol–water partition coefficient (Wildman–Crippen LogP) is 0.874. The molecule has 0 amide bonds. The molecule has 2 aliphatic heterocycles. The first kappa shape index (κ1) is 16.2. The lowest BCUT2D eigenvalue weighted by atomic mass is 10.1. The molecule has 2 heterocycles. The van der Waals surface area contributed by atoms with E-state index < -0.39 is 0 Å². The summed E-state index contributed by atoms with van der Waals surface area (Å²) in [6, 6.07) is 0.244. The third kappa shape index (κ3) is 5.26. The fraction of sp³-hybridized carbons (Fsp3) is 0.600. The van der Waals surface area contributed by atoms with Crippen molar-refractivity contribution in [2.75, 3.05) is 46.5 Å². The number of rotatable bonds is 9. The monoisotopic (exact) mass is 296 g/mol. The number of hydrogen-bond acceptors (Lipinski definition) is 6. The van der Waals surface area contributed by atoms with Crippen LogP contribution < -0.4 is 0 Å². The maximum Gasteiger partial charge on any atom is 0.119 e. The van der Waals surface area contributed by atoms with E-state index in [0.29, 0.717) is 6.61 Å². The molecule has 2 aliphatic rings. The highest BCUT2D eigenvalue weighted by Crippen LogP contribution is 2.20. The van der Waals surface area contributed by atoms with E-state index in [4.69, 9.17) is 14.8 Å². The van der Waals surface area contributed by atoms with Crippen molar-refractivity contribution in [3.63, 3.8) is 0 Å². The van der Waals surface area contributed by atoms with Crippen LogP contribution in [0.3, 0.4) is 0 Å². The first-order valence-electron chi connectivity index (χ1n) is 7.23. The fourth-order valence-corrected chi connectivity index (χ4v) is 2.22. The van der Waals surface area contributed by atoms with E-state index >= 15 is 0 Å². The van der Waals surface area contributed by atoms with E-state index in [1.54, 1.807) is 11.1 Å². The van der Waals surface area contributed by atoms with E-state index in [9.17, 15) is 0 Å². The van der Waals surface area contributed by atoms with Crippen molar-refractivity contribution in [2.45, 2.75) is 12.5 Å². The summed E-state index contributed by atoms with van der Waals surface area (Å²) in [4.78, 5) is 11.7. The number of aliphatic hydroxyl groups is 1. The zero-order chi connectivity index (χ0) is 15.1. The van der Waals surface area contributed by atoms with Crippen LogP contribution in [-0.2, 0) is 14.6 Å². The van der Waals surface area contributed by atoms with E-state index in [-0.39, 0.29) is 12.6 Å². The molecule has 0 saturated carbocycles. The van der Waals surface area contributed by atoms with Gasteiger partial charge in [0, 0.05) is 26.2 Å². The molecule has 21 heavy (non-hydrogen) atoms. The summed E-state index contributed by atoms with van der Waals surface area (Å²) >= 11 is 0. The third-order valence-corrected chi connectivity index (χ3v) is 3.55. The average molecular weight is 296 g/mol. The Morgan fingerprint density at radius 3 is 3.05 bits per heavy atom. The van der Waals surface area contributed by atoms with Crippen molar-refractivity contribution >= 4 is 0 Å². The zero-order valence-electron chi connectivity index (χ0n) is 12.5. The standard InChI is InChI=1S/C15H24N2O4/c1-3-15(20-12-14-11-17(14)21-19-2)10-13-4-6-16(7-5-13)8-9-18/h3-4,10,14,18H,1,5-9,11-12H2,2H3/b15-10+. The summed E-state index contributed by atoms with van der Waals surface area (Å²) in [5.41, 5.74) is 1.25. The van der Waals surface area contributed by atoms with Gasteiger partial charge in [-0.25, -0.2) is 4.89 Å². The highest BCUT2D eigenvalue weighted by atomic mass is 17.3. The largest absolute Gasteiger partial charge is 0.492 e. The maximum absolute atomic E-state index is 8.92. The zero-order valence-corrected chi connectivity index (χ0v) is 12.5. The molecule has 0 aromatic heterocycles. The third-order valence-electron chi connectivity index (χ3n) is 3.55. The molecule has 1 N–H and O–H groups in total. The van der Waals surface area contributed by atoms with Gasteiger partial charge in [-0.15, -0.1) is 10.1 Å². The number of hydrogen-bond donors (Lipinski definition) is 1. The lowest BCUT2D eigenvalue weighted by molar-refractivity contribution is -0.377. The van der Waals surface area contributed by atoms with Crippen molar-refractivity contribution in [3.8, 4) is 0 Å². The van der Waals surface area contributed by atoms with Gasteiger partial charge in [-0.1, -0.05) is 12.7 Å². The van der Waals surface area contributed by atoms with Crippen LogP contribution >= 0.6 is 0 Å². The van der Waals surface area contributed by atoms with Crippen LogP contribution in [0.5, 0.6) is 0 Å². The second-order valence-electron chi connectivity index (χ2n) is 5.11. The molecular weight excluding hydrogens is 272 g/mol. The van der Waals surface area contributed by atoms with Crippen molar-refractivity contribution in [3.05, 3.63) is 36.1 Å². The first-order valence-corrected chi connectivity index (χ1v) is 7.23. The molecule has 0 spiro atoms. The van der Waals surface area contributed by atoms with Crippen molar-refractivity contribution < 1.29 is 19.7 Å². The van der Waals surface area contributed by atoms with Gasteiger partial charge in [0.05, 0.1) is 19.8 Å². The minimum absolute atomic E-state index is 0.210. The van der Waals surface area contributed by atoms with E-state index in [1.807, 2.05) is 6.08 Å². The minimum Gasteiger partial charge on any atom is -0.492 e. The Hall–Kier alpha value is -1.18. The number of nitrogens with zero attached hydrogens (tertiary/aromatic N) is 2. The highest BCUT2D eigenvalue weighted by Gasteiger charge is 2.37. The van der Waals surface area contributed by atoms with Gasteiger partial charge in [-0.2, -0.15) is 0 Å². The van der Waals surface area contributed by atoms with Crippen LogP contribution in [-0.4, -0.2) is 67.6 Å². The molecule has 0 aromatic carbocycles. The van der Waals surface area contributed by atoms with Gasteiger partial charge in [0.25, 0.3) is 0 Å². The van der Waals surface area contributed by atoms with Crippen LogP contribution in [0.2, 0.25) is 0 Å². The number of β-amino-alcohol motifs (C(OH)–C–C–N with tert-alkyl or cyclic N) is 1. The first-order chi connectivity index (χ1) is 10.3. The summed E-state index contributed by atoms with van der Waals surface area (Å²) in [6.07, 6.45) is 6.89. The summed E-state index contributed by atoms with van der Waals surface area (Å²) in [5, 5.41) is 10.6. The second-order valence-corrected chi connectivity index (χ2v) is 5.11. The van der Waals surface area contributed by atoms with Gasteiger partial charge in [0.2, 0.25) is 0 Å². The molecule has 0 bridgehead atoms. The SMILES string of the molecule is C=C/C(=C\C1=CCN(CCO)CC1)OCC1CN1OOC. The van der Waals surface area contributed by atoms with Crippen molar-refractivity contribution in [1.82, 2.24) is 9.96 Å². The number of aliphatic hydroxyl groups excluding tert-OH is 1.